The van der Waals surface area contributed by atoms with Gasteiger partial charge in [-0.25, -0.2) is 31.0 Å². The lowest BCUT2D eigenvalue weighted by Gasteiger charge is -2.32. The van der Waals surface area contributed by atoms with E-state index >= 15 is 0 Å². The van der Waals surface area contributed by atoms with Crippen molar-refractivity contribution >= 4 is 33.1 Å². The third kappa shape index (κ3) is 4.76. The van der Waals surface area contributed by atoms with E-state index in [1.54, 1.807) is 23.7 Å². The molecule has 1 atom stereocenters. The Morgan fingerprint density at radius 3 is 2.56 bits per heavy atom. The molecule has 1 aliphatic rings. The van der Waals surface area contributed by atoms with Gasteiger partial charge in [0.2, 0.25) is 12.4 Å². The van der Waals surface area contributed by atoms with E-state index in [0.29, 0.717) is 6.07 Å². The zero-order valence-corrected chi connectivity index (χ0v) is 18.6. The minimum absolute atomic E-state index is 0.0424. The standard InChI is InChI=1S/C19H20ClF5N4O2S/c1-28(2)9-19(18(24)25)6-7-29(10-19)12-8-11(21)17(16(23)15(12)20)32(30,31)27-14-5-3-4-13(22)26-14/h3-5,8,18H,6-7,9-10H2,1-2H3,(H,26,27). The monoisotopic (exact) mass is 498 g/mol. The first-order valence-corrected chi connectivity index (χ1v) is 11.2. The Hall–Kier alpha value is -2.18. The van der Waals surface area contributed by atoms with Crippen LogP contribution in [0.4, 0.5) is 33.5 Å². The van der Waals surface area contributed by atoms with Crippen molar-refractivity contribution in [2.24, 2.45) is 5.41 Å². The second-order valence-corrected chi connectivity index (χ2v) is 9.86. The third-order valence-electron chi connectivity index (χ3n) is 5.14. The number of nitrogens with zero attached hydrogens (tertiary/aromatic N) is 3. The lowest BCUT2D eigenvalue weighted by molar-refractivity contribution is -0.00654. The number of alkyl halides is 2. The summed E-state index contributed by atoms with van der Waals surface area (Å²) in [6.45, 7) is -0.131. The Labute approximate surface area is 187 Å². The molecule has 176 valence electrons. The minimum atomic E-state index is -4.87. The van der Waals surface area contributed by atoms with Crippen LogP contribution >= 0.6 is 11.6 Å². The van der Waals surface area contributed by atoms with Crippen LogP contribution in [0.25, 0.3) is 0 Å². The van der Waals surface area contributed by atoms with E-state index in [4.69, 9.17) is 11.6 Å². The van der Waals surface area contributed by atoms with Gasteiger partial charge in [0.05, 0.1) is 11.1 Å². The second-order valence-electron chi connectivity index (χ2n) is 7.86. The molecule has 0 amide bonds. The molecule has 1 saturated heterocycles. The van der Waals surface area contributed by atoms with Crippen LogP contribution in [0.1, 0.15) is 6.42 Å². The van der Waals surface area contributed by atoms with Gasteiger partial charge in [-0.15, -0.1) is 0 Å². The van der Waals surface area contributed by atoms with Gasteiger partial charge in [-0.2, -0.15) is 4.39 Å². The average molecular weight is 499 g/mol. The van der Waals surface area contributed by atoms with Gasteiger partial charge in [-0.3, -0.25) is 4.72 Å². The number of benzene rings is 1. The smallest absolute Gasteiger partial charge is 0.268 e. The average Bonchev–Trinajstić information content (AvgIpc) is 3.08. The molecule has 0 radical (unpaired) electrons. The van der Waals surface area contributed by atoms with Gasteiger partial charge in [0, 0.05) is 25.7 Å². The summed E-state index contributed by atoms with van der Waals surface area (Å²) in [5.41, 5.74) is -1.67. The molecule has 6 nitrogen and oxygen atoms in total. The maximum Gasteiger partial charge on any atom is 0.268 e. The first-order valence-electron chi connectivity index (χ1n) is 9.37. The van der Waals surface area contributed by atoms with Crippen LogP contribution in [0, 0.1) is 23.0 Å². The molecule has 1 aliphatic heterocycles. The molecule has 1 N–H and O–H groups in total. The fourth-order valence-corrected chi connectivity index (χ4v) is 5.27. The normalized spacial score (nSPS) is 19.2. The predicted molar refractivity (Wildman–Crippen MR) is 110 cm³/mol. The van der Waals surface area contributed by atoms with Crippen LogP contribution in [0.15, 0.2) is 29.2 Å². The predicted octanol–water partition coefficient (Wildman–Crippen LogP) is 3.98. The number of rotatable bonds is 7. The number of halogens is 6. The molecule has 2 aromatic rings. The molecular formula is C19H20ClF5N4O2S. The van der Waals surface area contributed by atoms with Crippen molar-refractivity contribution in [3.8, 4) is 0 Å². The highest BCUT2D eigenvalue weighted by atomic mass is 35.5. The van der Waals surface area contributed by atoms with E-state index in [-0.39, 0.29) is 31.7 Å². The summed E-state index contributed by atoms with van der Waals surface area (Å²) in [6.07, 6.45) is -2.64. The molecule has 0 spiro atoms. The van der Waals surface area contributed by atoms with E-state index in [2.05, 4.69) is 4.98 Å². The van der Waals surface area contributed by atoms with Gasteiger partial charge in [0.15, 0.2) is 10.7 Å². The Balaban J connectivity index is 1.96. The number of pyridine rings is 1. The number of aromatic nitrogens is 1. The van der Waals surface area contributed by atoms with Crippen LogP contribution in [-0.2, 0) is 10.0 Å². The van der Waals surface area contributed by atoms with Crippen molar-refractivity contribution in [2.75, 3.05) is 43.4 Å². The molecule has 0 aliphatic carbocycles. The number of sulfonamides is 1. The number of anilines is 2. The van der Waals surface area contributed by atoms with Crippen molar-refractivity contribution in [3.63, 3.8) is 0 Å². The molecule has 1 fully saturated rings. The van der Waals surface area contributed by atoms with E-state index < -0.39 is 55.2 Å². The second kappa shape index (κ2) is 8.99. The third-order valence-corrected chi connectivity index (χ3v) is 6.89. The Kier molecular flexibility index (Phi) is 6.87. The zero-order chi connectivity index (χ0) is 23.8. The van der Waals surface area contributed by atoms with Gasteiger partial charge in [0.25, 0.3) is 10.0 Å². The molecular weight excluding hydrogens is 479 g/mol. The first-order chi connectivity index (χ1) is 14.9. The van der Waals surface area contributed by atoms with Gasteiger partial charge >= 0.3 is 0 Å². The summed E-state index contributed by atoms with van der Waals surface area (Å²) in [5, 5.41) is -0.728. The fraction of sp³-hybridized carbons (Fsp3) is 0.421. The van der Waals surface area contributed by atoms with E-state index in [1.807, 2.05) is 0 Å². The Morgan fingerprint density at radius 2 is 1.97 bits per heavy atom. The van der Waals surface area contributed by atoms with Crippen molar-refractivity contribution in [1.29, 1.82) is 0 Å². The first kappa shape index (κ1) is 24.5. The van der Waals surface area contributed by atoms with Crippen molar-refractivity contribution in [1.82, 2.24) is 9.88 Å². The number of nitrogens with one attached hydrogen (secondary N) is 1. The van der Waals surface area contributed by atoms with Crippen LogP contribution in [-0.4, -0.2) is 58.5 Å². The quantitative estimate of drug-likeness (QED) is 0.355. The number of hydrogen-bond donors (Lipinski definition) is 1. The molecule has 1 aromatic carbocycles. The molecule has 0 bridgehead atoms. The van der Waals surface area contributed by atoms with Crippen LogP contribution < -0.4 is 9.62 Å². The Morgan fingerprint density at radius 1 is 1.28 bits per heavy atom. The van der Waals surface area contributed by atoms with Gasteiger partial charge in [0.1, 0.15) is 16.7 Å². The SMILES string of the molecule is CN(C)CC1(C(F)F)CCN(c2cc(F)c(S(=O)(=O)Nc3cccc(F)n3)c(F)c2Cl)C1. The van der Waals surface area contributed by atoms with E-state index in [0.717, 1.165) is 18.2 Å². The largest absolute Gasteiger partial charge is 0.369 e. The fourth-order valence-electron chi connectivity index (χ4n) is 3.80. The summed E-state index contributed by atoms with van der Waals surface area (Å²) in [4.78, 5) is 4.80. The molecule has 3 rings (SSSR count). The molecule has 32 heavy (non-hydrogen) atoms. The topological polar surface area (TPSA) is 65.5 Å². The summed E-state index contributed by atoms with van der Waals surface area (Å²) in [7, 11) is -1.59. The minimum Gasteiger partial charge on any atom is -0.369 e. The zero-order valence-electron chi connectivity index (χ0n) is 17.0. The highest BCUT2D eigenvalue weighted by molar-refractivity contribution is 7.92. The molecule has 13 heteroatoms. The van der Waals surface area contributed by atoms with Crippen molar-refractivity contribution in [2.45, 2.75) is 17.7 Å². The Bertz CT molecular complexity index is 1120. The van der Waals surface area contributed by atoms with Crippen LogP contribution in [0.5, 0.6) is 0 Å². The van der Waals surface area contributed by atoms with Crippen LogP contribution in [0.2, 0.25) is 5.02 Å². The molecule has 2 heterocycles. The lowest BCUT2D eigenvalue weighted by Crippen LogP contribution is -2.42. The lowest BCUT2D eigenvalue weighted by atomic mass is 9.87. The highest BCUT2D eigenvalue weighted by Crippen LogP contribution is 2.43. The summed E-state index contributed by atoms with van der Waals surface area (Å²) in [5.74, 6) is -4.57. The van der Waals surface area contributed by atoms with Gasteiger partial charge < -0.3 is 9.80 Å². The van der Waals surface area contributed by atoms with E-state index in [9.17, 15) is 30.4 Å². The highest BCUT2D eigenvalue weighted by Gasteiger charge is 2.47. The summed E-state index contributed by atoms with van der Waals surface area (Å²) in [6, 6.07) is 3.89. The van der Waals surface area contributed by atoms with Gasteiger partial charge in [-0.05, 0) is 32.6 Å². The van der Waals surface area contributed by atoms with Gasteiger partial charge in [-0.1, -0.05) is 17.7 Å². The summed E-state index contributed by atoms with van der Waals surface area (Å²) >= 11 is 6.01. The van der Waals surface area contributed by atoms with E-state index in [1.165, 1.54) is 4.90 Å². The van der Waals surface area contributed by atoms with Crippen molar-refractivity contribution < 1.29 is 30.4 Å². The molecule has 1 aromatic heterocycles. The van der Waals surface area contributed by atoms with Crippen LogP contribution in [0.3, 0.4) is 0 Å². The van der Waals surface area contributed by atoms with Crippen molar-refractivity contribution in [3.05, 3.63) is 46.9 Å². The molecule has 0 saturated carbocycles. The maximum absolute atomic E-state index is 14.9. The summed E-state index contributed by atoms with van der Waals surface area (Å²) < 4.78 is 97.4. The molecule has 1 unspecified atom stereocenters. The maximum atomic E-state index is 14.9. The number of hydrogen-bond acceptors (Lipinski definition) is 5.